The number of rotatable bonds is 5. The van der Waals surface area contributed by atoms with E-state index in [1.807, 2.05) is 29.2 Å². The second-order valence-electron chi connectivity index (χ2n) is 6.12. The Bertz CT molecular complexity index is 761. The van der Waals surface area contributed by atoms with Crippen molar-refractivity contribution in [3.05, 3.63) is 48.0 Å². The predicted octanol–water partition coefficient (Wildman–Crippen LogP) is 4.08. The molecule has 2 amide bonds. The summed E-state index contributed by atoms with van der Waals surface area (Å²) in [6, 6.07) is 13.1. The van der Waals surface area contributed by atoms with Crippen molar-refractivity contribution >= 4 is 11.7 Å². The zero-order chi connectivity index (χ0) is 18.5. The van der Waals surface area contributed by atoms with Crippen LogP contribution in [0.1, 0.15) is 24.4 Å². The van der Waals surface area contributed by atoms with Crippen LogP contribution in [0.3, 0.4) is 0 Å². The number of anilines is 1. The summed E-state index contributed by atoms with van der Waals surface area (Å²) < 4.78 is 15.8. The first-order chi connectivity index (χ1) is 12.7. The van der Waals surface area contributed by atoms with E-state index in [2.05, 4.69) is 5.32 Å². The molecule has 6 nitrogen and oxygen atoms in total. The molecule has 6 heteroatoms. The van der Waals surface area contributed by atoms with E-state index < -0.39 is 0 Å². The summed E-state index contributed by atoms with van der Waals surface area (Å²) in [5.74, 6) is 2.07. The molecule has 138 valence electrons. The number of nitrogens with one attached hydrogen (secondary N) is 1. The van der Waals surface area contributed by atoms with E-state index >= 15 is 0 Å². The van der Waals surface area contributed by atoms with Crippen LogP contribution < -0.4 is 19.5 Å². The molecule has 0 saturated carbocycles. The number of carbonyl (C=O) groups excluding carboxylic acids is 1. The van der Waals surface area contributed by atoms with Crippen molar-refractivity contribution in [1.82, 2.24) is 4.90 Å². The van der Waals surface area contributed by atoms with Gasteiger partial charge in [0.25, 0.3) is 0 Å². The van der Waals surface area contributed by atoms with Gasteiger partial charge in [-0.25, -0.2) is 4.79 Å². The highest BCUT2D eigenvalue weighted by Gasteiger charge is 2.30. The maximum absolute atomic E-state index is 12.9. The second-order valence-corrected chi connectivity index (χ2v) is 6.12. The first-order valence-corrected chi connectivity index (χ1v) is 8.60. The molecule has 26 heavy (non-hydrogen) atoms. The molecule has 1 heterocycles. The minimum absolute atomic E-state index is 0.0532. The average molecular weight is 356 g/mol. The van der Waals surface area contributed by atoms with E-state index in [-0.39, 0.29) is 12.1 Å². The van der Waals surface area contributed by atoms with Crippen molar-refractivity contribution in [1.29, 1.82) is 0 Å². The number of benzene rings is 2. The van der Waals surface area contributed by atoms with E-state index in [1.165, 1.54) is 0 Å². The summed E-state index contributed by atoms with van der Waals surface area (Å²) in [6.07, 6.45) is 1.91. The number of methoxy groups -OCH3 is 3. The van der Waals surface area contributed by atoms with Gasteiger partial charge in [0.2, 0.25) is 0 Å². The van der Waals surface area contributed by atoms with Crippen LogP contribution >= 0.6 is 0 Å². The monoisotopic (exact) mass is 356 g/mol. The van der Waals surface area contributed by atoms with Gasteiger partial charge in [0.1, 0.15) is 17.2 Å². The molecule has 0 radical (unpaired) electrons. The minimum Gasteiger partial charge on any atom is -0.497 e. The van der Waals surface area contributed by atoms with Crippen molar-refractivity contribution in [3.63, 3.8) is 0 Å². The van der Waals surface area contributed by atoms with Crippen LogP contribution in [0.4, 0.5) is 10.5 Å². The largest absolute Gasteiger partial charge is 0.497 e. The number of urea groups is 1. The standard InChI is InChI=1S/C20H24N2O4/c1-24-15-8-6-14(7-9-15)18-5-4-12-22(18)20(23)21-17-13-16(25-2)10-11-19(17)26-3/h6-11,13,18H,4-5,12H2,1-3H3,(H,21,23). The third-order valence-electron chi connectivity index (χ3n) is 4.66. The highest BCUT2D eigenvalue weighted by Crippen LogP contribution is 2.35. The van der Waals surface area contributed by atoms with Gasteiger partial charge in [0.15, 0.2) is 0 Å². The quantitative estimate of drug-likeness (QED) is 0.877. The second kappa shape index (κ2) is 7.99. The van der Waals surface area contributed by atoms with Gasteiger partial charge in [0.05, 0.1) is 33.1 Å². The molecule has 0 spiro atoms. The van der Waals surface area contributed by atoms with E-state index in [9.17, 15) is 4.79 Å². The predicted molar refractivity (Wildman–Crippen MR) is 100 cm³/mol. The number of hydrogen-bond acceptors (Lipinski definition) is 4. The smallest absolute Gasteiger partial charge is 0.322 e. The van der Waals surface area contributed by atoms with Gasteiger partial charge >= 0.3 is 6.03 Å². The molecule has 1 fully saturated rings. The average Bonchev–Trinajstić information content (AvgIpc) is 3.18. The number of carbonyl (C=O) groups is 1. The first kappa shape index (κ1) is 17.9. The maximum Gasteiger partial charge on any atom is 0.322 e. The summed E-state index contributed by atoms with van der Waals surface area (Å²) in [7, 11) is 4.81. The normalized spacial score (nSPS) is 16.3. The van der Waals surface area contributed by atoms with Gasteiger partial charge in [-0.15, -0.1) is 0 Å². The SMILES string of the molecule is COc1ccc(C2CCCN2C(=O)Nc2cc(OC)ccc2OC)cc1. The molecule has 1 unspecified atom stereocenters. The molecule has 2 aromatic rings. The number of hydrogen-bond donors (Lipinski definition) is 1. The molecule has 3 rings (SSSR count). The lowest BCUT2D eigenvalue weighted by Crippen LogP contribution is -2.34. The van der Waals surface area contributed by atoms with Crippen LogP contribution in [0.2, 0.25) is 0 Å². The zero-order valence-corrected chi connectivity index (χ0v) is 15.3. The van der Waals surface area contributed by atoms with Crippen molar-refractivity contribution in [2.24, 2.45) is 0 Å². The van der Waals surface area contributed by atoms with Gasteiger partial charge in [0, 0.05) is 12.6 Å². The minimum atomic E-state index is -0.144. The van der Waals surface area contributed by atoms with Crippen LogP contribution in [0.5, 0.6) is 17.2 Å². The van der Waals surface area contributed by atoms with Gasteiger partial charge in [-0.05, 0) is 42.7 Å². The third-order valence-corrected chi connectivity index (χ3v) is 4.66. The molecular weight excluding hydrogens is 332 g/mol. The Labute approximate surface area is 153 Å². The fourth-order valence-corrected chi connectivity index (χ4v) is 3.28. The Kier molecular flexibility index (Phi) is 5.51. The first-order valence-electron chi connectivity index (χ1n) is 8.60. The van der Waals surface area contributed by atoms with Gasteiger partial charge in [-0.1, -0.05) is 12.1 Å². The van der Waals surface area contributed by atoms with Crippen molar-refractivity contribution < 1.29 is 19.0 Å². The van der Waals surface area contributed by atoms with E-state index in [1.54, 1.807) is 39.5 Å². The Morgan fingerprint density at radius 3 is 2.35 bits per heavy atom. The van der Waals surface area contributed by atoms with Gasteiger partial charge in [-0.2, -0.15) is 0 Å². The Balaban J connectivity index is 1.78. The van der Waals surface area contributed by atoms with E-state index in [0.717, 1.165) is 30.7 Å². The number of likely N-dealkylation sites (tertiary alicyclic amines) is 1. The fourth-order valence-electron chi connectivity index (χ4n) is 3.28. The molecular formula is C20H24N2O4. The molecule has 0 aliphatic carbocycles. The molecule has 1 atom stereocenters. The lowest BCUT2D eigenvalue weighted by atomic mass is 10.0. The fraction of sp³-hybridized carbons (Fsp3) is 0.350. The summed E-state index contributed by atoms with van der Waals surface area (Å²) in [5, 5.41) is 2.96. The number of amides is 2. The molecule has 1 aliphatic heterocycles. The highest BCUT2D eigenvalue weighted by atomic mass is 16.5. The Hall–Kier alpha value is -2.89. The van der Waals surface area contributed by atoms with Gasteiger partial charge in [-0.3, -0.25) is 0 Å². The molecule has 0 bridgehead atoms. The molecule has 1 aliphatic rings. The van der Waals surface area contributed by atoms with Crippen LogP contribution in [0, 0.1) is 0 Å². The summed E-state index contributed by atoms with van der Waals surface area (Å²) in [5.41, 5.74) is 1.70. The highest BCUT2D eigenvalue weighted by molar-refractivity contribution is 5.91. The van der Waals surface area contributed by atoms with E-state index in [4.69, 9.17) is 14.2 Å². The molecule has 1 N–H and O–H groups in total. The number of nitrogens with zero attached hydrogens (tertiary/aromatic N) is 1. The topological polar surface area (TPSA) is 60.0 Å². The van der Waals surface area contributed by atoms with E-state index in [0.29, 0.717) is 17.2 Å². The zero-order valence-electron chi connectivity index (χ0n) is 15.3. The van der Waals surface area contributed by atoms with Crippen molar-refractivity contribution in [2.45, 2.75) is 18.9 Å². The molecule has 0 aromatic heterocycles. The van der Waals surface area contributed by atoms with Gasteiger partial charge < -0.3 is 24.4 Å². The Morgan fingerprint density at radius 2 is 1.69 bits per heavy atom. The van der Waals surface area contributed by atoms with Crippen LogP contribution in [0.25, 0.3) is 0 Å². The lowest BCUT2D eigenvalue weighted by molar-refractivity contribution is 0.207. The van der Waals surface area contributed by atoms with Crippen LogP contribution in [-0.4, -0.2) is 38.8 Å². The summed E-state index contributed by atoms with van der Waals surface area (Å²) in [6.45, 7) is 0.717. The molecule has 2 aromatic carbocycles. The molecule has 1 saturated heterocycles. The Morgan fingerprint density at radius 1 is 1.00 bits per heavy atom. The van der Waals surface area contributed by atoms with Crippen molar-refractivity contribution in [3.8, 4) is 17.2 Å². The lowest BCUT2D eigenvalue weighted by Gasteiger charge is -2.26. The van der Waals surface area contributed by atoms with Crippen molar-refractivity contribution in [2.75, 3.05) is 33.2 Å². The maximum atomic E-state index is 12.9. The number of ether oxygens (including phenoxy) is 3. The van der Waals surface area contributed by atoms with Crippen LogP contribution in [-0.2, 0) is 0 Å². The van der Waals surface area contributed by atoms with Crippen LogP contribution in [0.15, 0.2) is 42.5 Å². The summed E-state index contributed by atoms with van der Waals surface area (Å²) in [4.78, 5) is 14.7. The third kappa shape index (κ3) is 3.69. The summed E-state index contributed by atoms with van der Waals surface area (Å²) >= 11 is 0.